The second kappa shape index (κ2) is 5.55. The minimum atomic E-state index is -1.07. The predicted molar refractivity (Wildman–Crippen MR) is 61.4 cm³/mol. The first-order valence-corrected chi connectivity index (χ1v) is 5.46. The lowest BCUT2D eigenvalue weighted by Crippen LogP contribution is -2.40. The van der Waals surface area contributed by atoms with Crippen LogP contribution in [-0.2, 0) is 6.54 Å². The summed E-state index contributed by atoms with van der Waals surface area (Å²) in [5.41, 5.74) is -0.0440. The molecule has 0 aromatic carbocycles. The zero-order chi connectivity index (χ0) is 11.3. The van der Waals surface area contributed by atoms with Crippen LogP contribution in [0.3, 0.4) is 0 Å². The van der Waals surface area contributed by atoms with Crippen molar-refractivity contribution in [1.29, 1.82) is 0 Å². The fourth-order valence-corrected chi connectivity index (χ4v) is 1.50. The molecule has 0 amide bonds. The van der Waals surface area contributed by atoms with Gasteiger partial charge in [0.2, 0.25) is 0 Å². The first-order chi connectivity index (χ1) is 7.03. The fraction of sp³-hybridized carbons (Fsp3) is 0.500. The van der Waals surface area contributed by atoms with E-state index in [2.05, 4.69) is 26.2 Å². The van der Waals surface area contributed by atoms with Crippen molar-refractivity contribution in [3.8, 4) is 0 Å². The topological polar surface area (TPSA) is 65.4 Å². The maximum absolute atomic E-state index is 9.52. The first kappa shape index (κ1) is 12.6. The minimum absolute atomic E-state index is 0.253. The van der Waals surface area contributed by atoms with Crippen molar-refractivity contribution in [2.24, 2.45) is 0 Å². The summed E-state index contributed by atoms with van der Waals surface area (Å²) in [5, 5.41) is 21.4. The van der Waals surface area contributed by atoms with E-state index < -0.39 is 5.60 Å². The van der Waals surface area contributed by atoms with Crippen LogP contribution in [0.1, 0.15) is 12.5 Å². The summed E-state index contributed by atoms with van der Waals surface area (Å²) in [4.78, 5) is 4.02. The molecular formula is C10H15BrN2O2. The van der Waals surface area contributed by atoms with Crippen LogP contribution in [0, 0.1) is 0 Å². The molecule has 1 heterocycles. The Labute approximate surface area is 97.5 Å². The highest BCUT2D eigenvalue weighted by molar-refractivity contribution is 9.10. The van der Waals surface area contributed by atoms with Crippen LogP contribution in [-0.4, -0.2) is 33.9 Å². The van der Waals surface area contributed by atoms with Gasteiger partial charge in [-0.1, -0.05) is 0 Å². The number of halogens is 1. The van der Waals surface area contributed by atoms with Gasteiger partial charge in [0.1, 0.15) is 0 Å². The second-order valence-electron chi connectivity index (χ2n) is 3.77. The third kappa shape index (κ3) is 4.70. The SMILES string of the molecule is CC(O)(CO)CNCc1cncc(Br)c1. The van der Waals surface area contributed by atoms with Crippen molar-refractivity contribution in [3.63, 3.8) is 0 Å². The number of rotatable bonds is 5. The summed E-state index contributed by atoms with van der Waals surface area (Å²) in [6.07, 6.45) is 3.47. The third-order valence-electron chi connectivity index (χ3n) is 1.94. The molecule has 1 unspecified atom stereocenters. The largest absolute Gasteiger partial charge is 0.393 e. The molecule has 0 aliphatic carbocycles. The molecule has 84 valence electrons. The highest BCUT2D eigenvalue weighted by Gasteiger charge is 2.17. The predicted octanol–water partition coefficient (Wildman–Crippen LogP) is 0.677. The van der Waals surface area contributed by atoms with Crippen molar-refractivity contribution in [2.75, 3.05) is 13.2 Å². The fourth-order valence-electron chi connectivity index (χ4n) is 1.08. The number of nitrogens with one attached hydrogen (secondary N) is 1. The van der Waals surface area contributed by atoms with E-state index in [0.29, 0.717) is 13.1 Å². The van der Waals surface area contributed by atoms with E-state index >= 15 is 0 Å². The van der Waals surface area contributed by atoms with Gasteiger partial charge in [-0.05, 0) is 34.5 Å². The van der Waals surface area contributed by atoms with E-state index in [9.17, 15) is 5.11 Å². The molecule has 0 saturated carbocycles. The molecule has 3 N–H and O–H groups in total. The lowest BCUT2D eigenvalue weighted by Gasteiger charge is -2.20. The molecule has 0 spiro atoms. The molecule has 1 atom stereocenters. The van der Waals surface area contributed by atoms with Crippen molar-refractivity contribution in [2.45, 2.75) is 19.1 Å². The quantitative estimate of drug-likeness (QED) is 0.739. The highest BCUT2D eigenvalue weighted by Crippen LogP contribution is 2.09. The standard InChI is InChI=1S/C10H15BrN2O2/c1-10(15,7-14)6-13-4-8-2-9(11)5-12-3-8/h2-3,5,13-15H,4,6-7H2,1H3. The van der Waals surface area contributed by atoms with E-state index in [1.807, 2.05) is 6.07 Å². The number of hydrogen-bond donors (Lipinski definition) is 3. The Morgan fingerprint density at radius 1 is 1.53 bits per heavy atom. The van der Waals surface area contributed by atoms with Gasteiger partial charge >= 0.3 is 0 Å². The van der Waals surface area contributed by atoms with E-state index in [1.54, 1.807) is 19.3 Å². The minimum Gasteiger partial charge on any atom is -0.393 e. The molecule has 1 rings (SSSR count). The van der Waals surface area contributed by atoms with Gasteiger partial charge in [0.05, 0.1) is 12.2 Å². The Balaban J connectivity index is 2.38. The molecule has 0 fully saturated rings. The smallest absolute Gasteiger partial charge is 0.0972 e. The van der Waals surface area contributed by atoms with Gasteiger partial charge in [0.25, 0.3) is 0 Å². The summed E-state index contributed by atoms with van der Waals surface area (Å²) in [6, 6.07) is 1.95. The zero-order valence-corrected chi connectivity index (χ0v) is 10.2. The molecule has 4 nitrogen and oxygen atoms in total. The van der Waals surface area contributed by atoms with Gasteiger partial charge in [0.15, 0.2) is 0 Å². The van der Waals surface area contributed by atoms with Crippen LogP contribution < -0.4 is 5.32 Å². The maximum atomic E-state index is 9.52. The van der Waals surface area contributed by atoms with Gasteiger partial charge in [-0.3, -0.25) is 4.98 Å². The summed E-state index contributed by atoms with van der Waals surface area (Å²) >= 11 is 3.33. The van der Waals surface area contributed by atoms with Crippen molar-refractivity contribution >= 4 is 15.9 Å². The third-order valence-corrected chi connectivity index (χ3v) is 2.37. The van der Waals surface area contributed by atoms with Crippen LogP contribution in [0.15, 0.2) is 22.9 Å². The van der Waals surface area contributed by atoms with Gasteiger partial charge in [0, 0.05) is 30.0 Å². The van der Waals surface area contributed by atoms with Crippen molar-refractivity contribution in [1.82, 2.24) is 10.3 Å². The van der Waals surface area contributed by atoms with Crippen LogP contribution in [0.25, 0.3) is 0 Å². The molecular weight excluding hydrogens is 260 g/mol. The zero-order valence-electron chi connectivity index (χ0n) is 8.57. The lowest BCUT2D eigenvalue weighted by atomic mass is 10.1. The van der Waals surface area contributed by atoms with Crippen LogP contribution >= 0.6 is 15.9 Å². The van der Waals surface area contributed by atoms with Gasteiger partial charge < -0.3 is 15.5 Å². The lowest BCUT2D eigenvalue weighted by molar-refractivity contribution is 0.00253. The maximum Gasteiger partial charge on any atom is 0.0972 e. The number of nitrogens with zero attached hydrogens (tertiary/aromatic N) is 1. The molecule has 5 heteroatoms. The Bertz CT molecular complexity index is 318. The van der Waals surface area contributed by atoms with Crippen molar-refractivity contribution < 1.29 is 10.2 Å². The summed E-state index contributed by atoms with van der Waals surface area (Å²) in [7, 11) is 0. The Morgan fingerprint density at radius 2 is 2.27 bits per heavy atom. The number of pyridine rings is 1. The van der Waals surface area contributed by atoms with Crippen LogP contribution in [0.5, 0.6) is 0 Å². The number of aliphatic hydroxyl groups excluding tert-OH is 1. The Hall–Kier alpha value is -0.490. The average molecular weight is 275 g/mol. The molecule has 15 heavy (non-hydrogen) atoms. The molecule has 0 aliphatic rings. The summed E-state index contributed by atoms with van der Waals surface area (Å²) < 4.78 is 0.927. The van der Waals surface area contributed by atoms with Crippen LogP contribution in [0.2, 0.25) is 0 Å². The summed E-state index contributed by atoms with van der Waals surface area (Å²) in [6.45, 7) is 2.29. The number of aromatic nitrogens is 1. The van der Waals surface area contributed by atoms with E-state index in [4.69, 9.17) is 5.11 Å². The Morgan fingerprint density at radius 3 is 2.87 bits per heavy atom. The van der Waals surface area contributed by atoms with Gasteiger partial charge in [-0.15, -0.1) is 0 Å². The number of aliphatic hydroxyl groups is 2. The molecule has 1 aromatic rings. The van der Waals surface area contributed by atoms with Crippen LogP contribution in [0.4, 0.5) is 0 Å². The average Bonchev–Trinajstić information content (AvgIpc) is 2.18. The highest BCUT2D eigenvalue weighted by atomic mass is 79.9. The molecule has 0 saturated heterocycles. The molecule has 0 aliphatic heterocycles. The monoisotopic (exact) mass is 274 g/mol. The molecule has 0 bridgehead atoms. The second-order valence-corrected chi connectivity index (χ2v) is 4.69. The van der Waals surface area contributed by atoms with E-state index in [-0.39, 0.29) is 6.61 Å². The van der Waals surface area contributed by atoms with Gasteiger partial charge in [-0.25, -0.2) is 0 Å². The summed E-state index contributed by atoms with van der Waals surface area (Å²) in [5.74, 6) is 0. The first-order valence-electron chi connectivity index (χ1n) is 4.67. The van der Waals surface area contributed by atoms with Gasteiger partial charge in [-0.2, -0.15) is 0 Å². The number of hydrogen-bond acceptors (Lipinski definition) is 4. The molecule has 1 aromatic heterocycles. The van der Waals surface area contributed by atoms with Crippen molar-refractivity contribution in [3.05, 3.63) is 28.5 Å². The van der Waals surface area contributed by atoms with E-state index in [0.717, 1.165) is 10.0 Å². The molecule has 0 radical (unpaired) electrons. The van der Waals surface area contributed by atoms with E-state index in [1.165, 1.54) is 0 Å². The normalized spacial score (nSPS) is 14.9. The Kier molecular flexibility index (Phi) is 4.66.